The van der Waals surface area contributed by atoms with Crippen LogP contribution in [-0.2, 0) is 11.9 Å². The molecule has 0 amide bonds. The molecule has 0 bridgehead atoms. The Morgan fingerprint density at radius 1 is 1.21 bits per heavy atom. The third-order valence-electron chi connectivity index (χ3n) is 2.90. The van der Waals surface area contributed by atoms with Crippen LogP contribution in [0.25, 0.3) is 0 Å². The number of alkyl halides is 1. The first-order valence-corrected chi connectivity index (χ1v) is 7.40. The van der Waals surface area contributed by atoms with Gasteiger partial charge in [0.05, 0.1) is 10.7 Å². The molecule has 0 spiro atoms. The summed E-state index contributed by atoms with van der Waals surface area (Å²) in [6.07, 6.45) is 0. The number of hydrogen-bond donors (Lipinski definition) is 0. The molecule has 0 unspecified atom stereocenters. The summed E-state index contributed by atoms with van der Waals surface area (Å²) >= 11 is 9.73. The second kappa shape index (κ2) is 6.40. The maximum Gasteiger partial charge on any atom is 0.123 e. The quantitative estimate of drug-likeness (QED) is 0.706. The van der Waals surface area contributed by atoms with Crippen molar-refractivity contribution >= 4 is 33.2 Å². The van der Waals surface area contributed by atoms with Gasteiger partial charge < -0.3 is 4.90 Å². The Balaban J connectivity index is 2.27. The summed E-state index contributed by atoms with van der Waals surface area (Å²) in [6.45, 7) is 0.613. The Labute approximate surface area is 126 Å². The average Bonchev–Trinajstić information content (AvgIpc) is 2.38. The summed E-state index contributed by atoms with van der Waals surface area (Å²) in [5, 5.41) is 1.44. The van der Waals surface area contributed by atoms with Crippen LogP contribution in [0.15, 0.2) is 42.5 Å². The van der Waals surface area contributed by atoms with Crippen molar-refractivity contribution in [2.24, 2.45) is 0 Å². The van der Waals surface area contributed by atoms with Crippen LogP contribution < -0.4 is 4.90 Å². The van der Waals surface area contributed by atoms with Gasteiger partial charge in [-0.25, -0.2) is 4.39 Å². The minimum atomic E-state index is -0.217. The van der Waals surface area contributed by atoms with Crippen molar-refractivity contribution in [3.05, 3.63) is 64.4 Å². The second-order valence-corrected chi connectivity index (χ2v) is 5.34. The minimum absolute atomic E-state index is 0.217. The van der Waals surface area contributed by atoms with Gasteiger partial charge in [-0.1, -0.05) is 51.8 Å². The molecular formula is C15H14BrClFN. The topological polar surface area (TPSA) is 3.24 Å². The smallest absolute Gasteiger partial charge is 0.123 e. The van der Waals surface area contributed by atoms with Crippen molar-refractivity contribution in [1.82, 2.24) is 0 Å². The van der Waals surface area contributed by atoms with Crippen molar-refractivity contribution in [3.63, 3.8) is 0 Å². The molecule has 0 radical (unpaired) electrons. The molecule has 0 heterocycles. The Morgan fingerprint density at radius 2 is 1.95 bits per heavy atom. The zero-order valence-electron chi connectivity index (χ0n) is 10.5. The molecule has 1 nitrogen and oxygen atoms in total. The van der Waals surface area contributed by atoms with Gasteiger partial charge in [0.25, 0.3) is 0 Å². The van der Waals surface area contributed by atoms with E-state index in [0.29, 0.717) is 11.6 Å². The zero-order valence-corrected chi connectivity index (χ0v) is 12.9. The van der Waals surface area contributed by atoms with Gasteiger partial charge in [-0.05, 0) is 29.3 Å². The minimum Gasteiger partial charge on any atom is -0.369 e. The summed E-state index contributed by atoms with van der Waals surface area (Å²) < 4.78 is 13.2. The molecule has 0 saturated carbocycles. The molecule has 0 aliphatic heterocycles. The first-order valence-electron chi connectivity index (χ1n) is 5.90. The summed E-state index contributed by atoms with van der Waals surface area (Å²) in [7, 11) is 1.96. The van der Waals surface area contributed by atoms with Crippen molar-refractivity contribution in [2.45, 2.75) is 11.9 Å². The summed E-state index contributed by atoms with van der Waals surface area (Å²) in [5.74, 6) is -0.217. The van der Waals surface area contributed by atoms with Crippen molar-refractivity contribution in [1.29, 1.82) is 0 Å². The van der Waals surface area contributed by atoms with E-state index in [0.717, 1.165) is 22.1 Å². The molecule has 0 aliphatic rings. The summed E-state index contributed by atoms with van der Waals surface area (Å²) in [5.41, 5.74) is 3.01. The molecule has 100 valence electrons. The third kappa shape index (κ3) is 3.48. The summed E-state index contributed by atoms with van der Waals surface area (Å²) in [4.78, 5) is 2.04. The van der Waals surface area contributed by atoms with E-state index < -0.39 is 0 Å². The van der Waals surface area contributed by atoms with Gasteiger partial charge in [0, 0.05) is 18.9 Å². The highest BCUT2D eigenvalue weighted by atomic mass is 79.9. The second-order valence-electron chi connectivity index (χ2n) is 4.37. The number of hydrogen-bond acceptors (Lipinski definition) is 1. The Morgan fingerprint density at radius 3 is 2.63 bits per heavy atom. The van der Waals surface area contributed by atoms with Crippen LogP contribution in [0.4, 0.5) is 10.1 Å². The zero-order chi connectivity index (χ0) is 13.8. The van der Waals surface area contributed by atoms with Crippen LogP contribution in [-0.4, -0.2) is 7.05 Å². The van der Waals surface area contributed by atoms with Gasteiger partial charge in [0.15, 0.2) is 0 Å². The number of halogens is 3. The van der Waals surface area contributed by atoms with Gasteiger partial charge >= 0.3 is 0 Å². The fraction of sp³-hybridized carbons (Fsp3) is 0.200. The van der Waals surface area contributed by atoms with E-state index in [9.17, 15) is 4.39 Å². The van der Waals surface area contributed by atoms with E-state index in [1.165, 1.54) is 6.07 Å². The summed E-state index contributed by atoms with van der Waals surface area (Å²) in [6, 6.07) is 12.4. The van der Waals surface area contributed by atoms with E-state index in [1.54, 1.807) is 12.1 Å². The fourth-order valence-electron chi connectivity index (χ4n) is 2.08. The molecule has 0 fully saturated rings. The van der Waals surface area contributed by atoms with Crippen LogP contribution in [0.1, 0.15) is 11.1 Å². The first kappa shape index (κ1) is 14.4. The number of benzene rings is 2. The van der Waals surface area contributed by atoms with Crippen LogP contribution in [0.5, 0.6) is 0 Å². The van der Waals surface area contributed by atoms with Gasteiger partial charge in [-0.15, -0.1) is 0 Å². The third-order valence-corrected chi connectivity index (χ3v) is 3.81. The normalized spacial score (nSPS) is 10.5. The number of rotatable bonds is 4. The molecule has 2 aromatic rings. The molecule has 4 heteroatoms. The number of nitrogens with zero attached hydrogens (tertiary/aromatic N) is 1. The molecule has 0 saturated heterocycles. The molecule has 19 heavy (non-hydrogen) atoms. The largest absolute Gasteiger partial charge is 0.369 e. The van der Waals surface area contributed by atoms with Gasteiger partial charge in [-0.3, -0.25) is 0 Å². The molecule has 2 aromatic carbocycles. The lowest BCUT2D eigenvalue weighted by Gasteiger charge is -2.23. The highest BCUT2D eigenvalue weighted by Crippen LogP contribution is 2.31. The standard InChI is InChI=1S/C15H14BrClFN/c1-19(10-11-4-2-6-13(18)8-11)15-12(9-16)5-3-7-14(15)17/h2-8H,9-10H2,1H3. The van der Waals surface area contributed by atoms with Gasteiger partial charge in [0.1, 0.15) is 5.82 Å². The van der Waals surface area contributed by atoms with Crippen molar-refractivity contribution in [2.75, 3.05) is 11.9 Å². The Kier molecular flexibility index (Phi) is 4.83. The lowest BCUT2D eigenvalue weighted by atomic mass is 10.1. The SMILES string of the molecule is CN(Cc1cccc(F)c1)c1c(Cl)cccc1CBr. The predicted molar refractivity (Wildman–Crippen MR) is 82.6 cm³/mol. The average molecular weight is 343 g/mol. The molecule has 0 aliphatic carbocycles. The van der Waals surface area contributed by atoms with Crippen molar-refractivity contribution in [3.8, 4) is 0 Å². The van der Waals surface area contributed by atoms with Crippen LogP contribution in [0.2, 0.25) is 5.02 Å². The van der Waals surface area contributed by atoms with E-state index in [1.807, 2.05) is 36.2 Å². The molecule has 0 aromatic heterocycles. The number of anilines is 1. The highest BCUT2D eigenvalue weighted by molar-refractivity contribution is 9.08. The lowest BCUT2D eigenvalue weighted by Crippen LogP contribution is -2.18. The van der Waals surface area contributed by atoms with E-state index in [2.05, 4.69) is 15.9 Å². The van der Waals surface area contributed by atoms with Crippen LogP contribution >= 0.6 is 27.5 Å². The van der Waals surface area contributed by atoms with E-state index in [4.69, 9.17) is 11.6 Å². The van der Waals surface area contributed by atoms with Crippen LogP contribution in [0, 0.1) is 5.82 Å². The van der Waals surface area contributed by atoms with E-state index in [-0.39, 0.29) is 5.82 Å². The van der Waals surface area contributed by atoms with Crippen LogP contribution in [0.3, 0.4) is 0 Å². The van der Waals surface area contributed by atoms with E-state index >= 15 is 0 Å². The van der Waals surface area contributed by atoms with Gasteiger partial charge in [0.2, 0.25) is 0 Å². The maximum absolute atomic E-state index is 13.2. The Bertz CT molecular complexity index is 574. The molecule has 0 atom stereocenters. The van der Waals surface area contributed by atoms with Crippen molar-refractivity contribution < 1.29 is 4.39 Å². The Hall–Kier alpha value is -1.06. The maximum atomic E-state index is 13.2. The lowest BCUT2D eigenvalue weighted by molar-refractivity contribution is 0.625. The fourth-order valence-corrected chi connectivity index (χ4v) is 2.87. The first-order chi connectivity index (χ1) is 9.11. The monoisotopic (exact) mass is 341 g/mol. The predicted octanol–water partition coefficient (Wildman–Crippen LogP) is 5.01. The van der Waals surface area contributed by atoms with Gasteiger partial charge in [-0.2, -0.15) is 0 Å². The molecule has 2 rings (SSSR count). The molecule has 0 N–H and O–H groups in total. The molecular weight excluding hydrogens is 329 g/mol. The number of para-hydroxylation sites is 1. The highest BCUT2D eigenvalue weighted by Gasteiger charge is 2.11.